The van der Waals surface area contributed by atoms with Crippen molar-refractivity contribution in [3.63, 3.8) is 0 Å². The molecule has 0 aromatic heterocycles. The molecule has 0 amide bonds. The highest BCUT2D eigenvalue weighted by Crippen LogP contribution is 2.44. The molecular weight excluding hydrogens is 188 g/mol. The third-order valence-electron chi connectivity index (χ3n) is 3.61. The summed E-state index contributed by atoms with van der Waals surface area (Å²) < 4.78 is 5.30. The van der Waals surface area contributed by atoms with Gasteiger partial charge in [0, 0.05) is 5.92 Å². The zero-order chi connectivity index (χ0) is 10.3. The molecule has 0 spiro atoms. The van der Waals surface area contributed by atoms with Gasteiger partial charge in [-0.05, 0) is 24.3 Å². The Labute approximate surface area is 89.2 Å². The Bertz CT molecular complexity index is 355. The maximum absolute atomic E-state index is 11.1. The number of hydrogen-bond acceptors (Lipinski definition) is 2. The van der Waals surface area contributed by atoms with Crippen molar-refractivity contribution >= 4 is 5.97 Å². The van der Waals surface area contributed by atoms with Gasteiger partial charge in [0.15, 0.2) is 0 Å². The van der Waals surface area contributed by atoms with Gasteiger partial charge in [-0.1, -0.05) is 30.3 Å². The Morgan fingerprint density at radius 1 is 1.13 bits per heavy atom. The maximum Gasteiger partial charge on any atom is 0.306 e. The molecule has 1 aliphatic heterocycles. The van der Waals surface area contributed by atoms with E-state index >= 15 is 0 Å². The lowest BCUT2D eigenvalue weighted by molar-refractivity contribution is -0.141. The number of hydrogen-bond donors (Lipinski definition) is 0. The maximum atomic E-state index is 11.1. The molecule has 1 aliphatic carbocycles. The third-order valence-corrected chi connectivity index (χ3v) is 3.61. The molecule has 3 atom stereocenters. The van der Waals surface area contributed by atoms with Gasteiger partial charge in [0.2, 0.25) is 0 Å². The molecule has 15 heavy (non-hydrogen) atoms. The van der Waals surface area contributed by atoms with E-state index in [0.717, 1.165) is 12.8 Å². The molecule has 1 saturated heterocycles. The van der Waals surface area contributed by atoms with E-state index in [0.29, 0.717) is 18.3 Å². The van der Waals surface area contributed by atoms with Crippen LogP contribution in [0.1, 0.15) is 30.7 Å². The van der Waals surface area contributed by atoms with E-state index < -0.39 is 0 Å². The van der Waals surface area contributed by atoms with Gasteiger partial charge >= 0.3 is 5.97 Å². The SMILES string of the molecule is O=C1C[C@@H]2CC(c3ccccc3)C[C@@H]2O1. The van der Waals surface area contributed by atoms with Crippen LogP contribution in [0.4, 0.5) is 0 Å². The molecule has 0 bridgehead atoms. The molecule has 0 N–H and O–H groups in total. The summed E-state index contributed by atoms with van der Waals surface area (Å²) in [5.41, 5.74) is 1.39. The predicted octanol–water partition coefficient (Wildman–Crippen LogP) is 2.50. The topological polar surface area (TPSA) is 26.3 Å². The summed E-state index contributed by atoms with van der Waals surface area (Å²) in [6, 6.07) is 10.5. The Morgan fingerprint density at radius 2 is 1.93 bits per heavy atom. The van der Waals surface area contributed by atoms with E-state index in [9.17, 15) is 4.79 Å². The molecule has 78 valence electrons. The van der Waals surface area contributed by atoms with Crippen molar-refractivity contribution in [2.45, 2.75) is 31.3 Å². The molecule has 2 aliphatic rings. The second-order valence-corrected chi connectivity index (χ2v) is 4.57. The van der Waals surface area contributed by atoms with Gasteiger partial charge in [0.05, 0.1) is 6.42 Å². The average Bonchev–Trinajstić information content (AvgIpc) is 2.76. The Balaban J connectivity index is 1.76. The molecule has 2 nitrogen and oxygen atoms in total. The lowest BCUT2D eigenvalue weighted by atomic mass is 9.96. The van der Waals surface area contributed by atoms with E-state index in [4.69, 9.17) is 4.74 Å². The van der Waals surface area contributed by atoms with E-state index in [1.165, 1.54) is 5.56 Å². The number of ether oxygens (including phenoxy) is 1. The van der Waals surface area contributed by atoms with E-state index in [-0.39, 0.29) is 12.1 Å². The normalized spacial score (nSPS) is 33.9. The minimum absolute atomic E-state index is 0.00323. The van der Waals surface area contributed by atoms with Gasteiger partial charge in [-0.15, -0.1) is 0 Å². The van der Waals surface area contributed by atoms with Crippen molar-refractivity contribution in [2.75, 3.05) is 0 Å². The summed E-state index contributed by atoms with van der Waals surface area (Å²) in [7, 11) is 0. The van der Waals surface area contributed by atoms with Crippen LogP contribution in [0.25, 0.3) is 0 Å². The average molecular weight is 202 g/mol. The Kier molecular flexibility index (Phi) is 2.01. The highest BCUT2D eigenvalue weighted by Gasteiger charge is 2.43. The first-order valence-electron chi connectivity index (χ1n) is 5.57. The fourth-order valence-electron chi connectivity index (χ4n) is 2.87. The van der Waals surface area contributed by atoms with Crippen LogP contribution in [0.2, 0.25) is 0 Å². The lowest BCUT2D eigenvalue weighted by Gasteiger charge is -2.10. The fourth-order valence-corrected chi connectivity index (χ4v) is 2.87. The van der Waals surface area contributed by atoms with Crippen LogP contribution in [0.3, 0.4) is 0 Å². The zero-order valence-corrected chi connectivity index (χ0v) is 8.56. The number of carbonyl (C=O) groups is 1. The van der Waals surface area contributed by atoms with Gasteiger partial charge < -0.3 is 4.74 Å². The first-order valence-corrected chi connectivity index (χ1v) is 5.57. The van der Waals surface area contributed by atoms with Crippen LogP contribution < -0.4 is 0 Å². The molecule has 2 heteroatoms. The summed E-state index contributed by atoms with van der Waals surface area (Å²) in [5, 5.41) is 0. The van der Waals surface area contributed by atoms with Crippen molar-refractivity contribution in [2.24, 2.45) is 5.92 Å². The highest BCUT2D eigenvalue weighted by molar-refractivity contribution is 5.72. The summed E-state index contributed by atoms with van der Waals surface area (Å²) >= 11 is 0. The third kappa shape index (κ3) is 1.54. The summed E-state index contributed by atoms with van der Waals surface area (Å²) in [5.74, 6) is 1.06. The number of esters is 1. The highest BCUT2D eigenvalue weighted by atomic mass is 16.5. The lowest BCUT2D eigenvalue weighted by Crippen LogP contribution is -2.07. The van der Waals surface area contributed by atoms with Crippen molar-refractivity contribution in [3.05, 3.63) is 35.9 Å². The van der Waals surface area contributed by atoms with Crippen LogP contribution in [0.5, 0.6) is 0 Å². The molecule has 1 unspecified atom stereocenters. The Morgan fingerprint density at radius 3 is 2.67 bits per heavy atom. The van der Waals surface area contributed by atoms with Gasteiger partial charge in [-0.3, -0.25) is 4.79 Å². The van der Waals surface area contributed by atoms with E-state index in [1.54, 1.807) is 0 Å². The van der Waals surface area contributed by atoms with E-state index in [2.05, 4.69) is 24.3 Å². The fraction of sp³-hybridized carbons (Fsp3) is 0.462. The van der Waals surface area contributed by atoms with Gasteiger partial charge in [-0.25, -0.2) is 0 Å². The molecule has 1 saturated carbocycles. The van der Waals surface area contributed by atoms with Crippen LogP contribution >= 0.6 is 0 Å². The molecule has 0 radical (unpaired) electrons. The largest absolute Gasteiger partial charge is 0.462 e. The molecule has 2 fully saturated rings. The van der Waals surface area contributed by atoms with Crippen molar-refractivity contribution in [3.8, 4) is 0 Å². The second kappa shape index (κ2) is 3.37. The zero-order valence-electron chi connectivity index (χ0n) is 8.56. The minimum atomic E-state index is -0.00323. The number of benzene rings is 1. The van der Waals surface area contributed by atoms with Crippen LogP contribution in [0.15, 0.2) is 30.3 Å². The molecule has 1 aromatic rings. The number of rotatable bonds is 1. The van der Waals surface area contributed by atoms with Gasteiger partial charge in [-0.2, -0.15) is 0 Å². The van der Waals surface area contributed by atoms with E-state index in [1.807, 2.05) is 6.07 Å². The van der Waals surface area contributed by atoms with Crippen molar-refractivity contribution in [1.29, 1.82) is 0 Å². The molecule has 1 aromatic carbocycles. The van der Waals surface area contributed by atoms with Gasteiger partial charge in [0.1, 0.15) is 6.10 Å². The predicted molar refractivity (Wildman–Crippen MR) is 56.4 cm³/mol. The minimum Gasteiger partial charge on any atom is -0.462 e. The second-order valence-electron chi connectivity index (χ2n) is 4.57. The molecular formula is C13H14O2. The smallest absolute Gasteiger partial charge is 0.306 e. The quantitative estimate of drug-likeness (QED) is 0.654. The van der Waals surface area contributed by atoms with Crippen LogP contribution in [0, 0.1) is 5.92 Å². The first-order chi connectivity index (χ1) is 7.33. The first kappa shape index (κ1) is 8.96. The number of fused-ring (bicyclic) bond motifs is 1. The van der Waals surface area contributed by atoms with Crippen molar-refractivity contribution < 1.29 is 9.53 Å². The van der Waals surface area contributed by atoms with Crippen LogP contribution in [-0.4, -0.2) is 12.1 Å². The molecule has 1 heterocycles. The summed E-state index contributed by atoms with van der Waals surface area (Å²) in [6.45, 7) is 0. The standard InChI is InChI=1S/C13H14O2/c14-13-8-11-6-10(7-12(11)15-13)9-4-2-1-3-5-9/h1-5,10-12H,6-8H2/t10?,11-,12-/m0/s1. The Hall–Kier alpha value is -1.31. The molecule has 3 rings (SSSR count). The monoisotopic (exact) mass is 202 g/mol. The summed E-state index contributed by atoms with van der Waals surface area (Å²) in [4.78, 5) is 11.1. The van der Waals surface area contributed by atoms with Crippen molar-refractivity contribution in [1.82, 2.24) is 0 Å². The van der Waals surface area contributed by atoms with Crippen LogP contribution in [-0.2, 0) is 9.53 Å². The number of carbonyl (C=O) groups excluding carboxylic acids is 1. The summed E-state index contributed by atoms with van der Waals surface area (Å²) in [6.07, 6.45) is 2.96. The van der Waals surface area contributed by atoms with Gasteiger partial charge in [0.25, 0.3) is 0 Å².